The third-order valence-electron chi connectivity index (χ3n) is 3.76. The number of hydrogen-bond donors (Lipinski definition) is 1. The van der Waals surface area contributed by atoms with E-state index in [1.807, 2.05) is 13.8 Å². The predicted octanol–water partition coefficient (Wildman–Crippen LogP) is 1.47. The number of nitrogens with one attached hydrogen (secondary N) is 1. The lowest BCUT2D eigenvalue weighted by Gasteiger charge is -2.24. The highest BCUT2D eigenvalue weighted by Gasteiger charge is 2.30. The summed E-state index contributed by atoms with van der Waals surface area (Å²) < 4.78 is 34.4. The smallest absolute Gasteiger partial charge is 0.345 e. The van der Waals surface area contributed by atoms with Crippen molar-refractivity contribution in [1.82, 2.24) is 9.62 Å². The molecule has 1 amide bonds. The zero-order valence-corrected chi connectivity index (χ0v) is 14.9. The molecule has 2 rings (SSSR count). The standard InChI is InChI=1S/C16H21N3O4S/c1-5-11(2)17-16(20)15-10-14(18-24(21,22)19(15)3)12-7-6-8-13(9-12)23-4/h6-11H,5H2,1-4H3,(H,17,20)/t11-/m0/s1. The molecule has 24 heavy (non-hydrogen) atoms. The van der Waals surface area contributed by atoms with Crippen LogP contribution in [0.1, 0.15) is 25.8 Å². The molecule has 1 atom stereocenters. The fraction of sp³-hybridized carbons (Fsp3) is 0.375. The number of likely N-dealkylation sites (N-methyl/N-ethyl adjacent to an activating group) is 1. The van der Waals surface area contributed by atoms with E-state index in [0.717, 1.165) is 10.7 Å². The van der Waals surface area contributed by atoms with Crippen molar-refractivity contribution < 1.29 is 17.9 Å². The van der Waals surface area contributed by atoms with Crippen LogP contribution in [-0.2, 0) is 15.0 Å². The van der Waals surface area contributed by atoms with Crippen LogP contribution in [0.25, 0.3) is 0 Å². The SMILES string of the molecule is CC[C@H](C)NC(=O)C1=CC(c2cccc(OC)c2)=NS(=O)(=O)N1C. The third kappa shape index (κ3) is 3.76. The van der Waals surface area contributed by atoms with Crippen molar-refractivity contribution >= 4 is 21.8 Å². The van der Waals surface area contributed by atoms with Crippen molar-refractivity contribution in [1.29, 1.82) is 0 Å². The lowest BCUT2D eigenvalue weighted by atomic mass is 10.1. The Hall–Kier alpha value is -2.35. The number of benzene rings is 1. The van der Waals surface area contributed by atoms with Gasteiger partial charge in [0.2, 0.25) is 0 Å². The van der Waals surface area contributed by atoms with Crippen LogP contribution in [0.5, 0.6) is 5.75 Å². The van der Waals surface area contributed by atoms with Crippen molar-refractivity contribution in [2.45, 2.75) is 26.3 Å². The molecule has 0 aromatic heterocycles. The molecule has 1 aliphatic heterocycles. The summed E-state index contributed by atoms with van der Waals surface area (Å²) in [7, 11) is -1.13. The van der Waals surface area contributed by atoms with Gasteiger partial charge in [0.05, 0.1) is 12.8 Å². The van der Waals surface area contributed by atoms with Crippen LogP contribution in [0.15, 0.2) is 40.4 Å². The highest BCUT2D eigenvalue weighted by atomic mass is 32.2. The second kappa shape index (κ2) is 7.04. The molecule has 0 radical (unpaired) electrons. The molecule has 0 aliphatic carbocycles. The first-order chi connectivity index (χ1) is 11.3. The monoisotopic (exact) mass is 351 g/mol. The van der Waals surface area contributed by atoms with Gasteiger partial charge in [-0.3, -0.25) is 4.79 Å². The lowest BCUT2D eigenvalue weighted by Crippen LogP contribution is -2.41. The van der Waals surface area contributed by atoms with Crippen LogP contribution in [0.4, 0.5) is 0 Å². The predicted molar refractivity (Wildman–Crippen MR) is 92.2 cm³/mol. The van der Waals surface area contributed by atoms with Gasteiger partial charge in [0, 0.05) is 18.7 Å². The fourth-order valence-electron chi connectivity index (χ4n) is 2.08. The summed E-state index contributed by atoms with van der Waals surface area (Å²) in [5.41, 5.74) is 0.782. The first-order valence-electron chi connectivity index (χ1n) is 7.54. The highest BCUT2D eigenvalue weighted by molar-refractivity contribution is 7.88. The van der Waals surface area contributed by atoms with E-state index in [4.69, 9.17) is 4.74 Å². The van der Waals surface area contributed by atoms with Crippen molar-refractivity contribution in [3.63, 3.8) is 0 Å². The van der Waals surface area contributed by atoms with Crippen LogP contribution < -0.4 is 10.1 Å². The minimum absolute atomic E-state index is 0.0307. The van der Waals surface area contributed by atoms with Gasteiger partial charge in [-0.15, -0.1) is 4.40 Å². The summed E-state index contributed by atoms with van der Waals surface area (Å²) in [5.74, 6) is 0.122. The van der Waals surface area contributed by atoms with Gasteiger partial charge in [0.15, 0.2) is 0 Å². The maximum Gasteiger partial charge on any atom is 0.345 e. The molecule has 1 N–H and O–H groups in total. The molecule has 0 unspecified atom stereocenters. The second-order valence-electron chi connectivity index (χ2n) is 5.47. The molecule has 0 bridgehead atoms. The number of ether oxygens (including phenoxy) is 1. The molecule has 1 heterocycles. The minimum atomic E-state index is -3.96. The maximum absolute atomic E-state index is 12.4. The zero-order chi connectivity index (χ0) is 17.9. The van der Waals surface area contributed by atoms with E-state index in [9.17, 15) is 13.2 Å². The summed E-state index contributed by atoms with van der Waals surface area (Å²) in [6.45, 7) is 3.79. The first kappa shape index (κ1) is 18.0. The number of hydrogen-bond acceptors (Lipinski definition) is 4. The van der Waals surface area contributed by atoms with E-state index >= 15 is 0 Å². The molecule has 1 aromatic carbocycles. The summed E-state index contributed by atoms with van der Waals surface area (Å²) in [5, 5.41) is 2.77. The Kier molecular flexibility index (Phi) is 5.28. The average molecular weight is 351 g/mol. The molecular weight excluding hydrogens is 330 g/mol. The van der Waals surface area contributed by atoms with Gasteiger partial charge in [0.1, 0.15) is 11.4 Å². The molecule has 0 fully saturated rings. The zero-order valence-electron chi connectivity index (χ0n) is 14.1. The van der Waals surface area contributed by atoms with Crippen LogP contribution in [0.3, 0.4) is 0 Å². The molecule has 0 saturated carbocycles. The molecule has 0 spiro atoms. The number of allylic oxidation sites excluding steroid dienone is 1. The van der Waals surface area contributed by atoms with Gasteiger partial charge in [0.25, 0.3) is 5.91 Å². The summed E-state index contributed by atoms with van der Waals surface area (Å²) in [6.07, 6.45) is 2.21. The Morgan fingerprint density at radius 2 is 2.12 bits per heavy atom. The van der Waals surface area contributed by atoms with E-state index < -0.39 is 16.1 Å². The Morgan fingerprint density at radius 1 is 1.42 bits per heavy atom. The van der Waals surface area contributed by atoms with Crippen LogP contribution >= 0.6 is 0 Å². The van der Waals surface area contributed by atoms with E-state index in [1.165, 1.54) is 20.2 Å². The lowest BCUT2D eigenvalue weighted by molar-refractivity contribution is -0.119. The molecule has 130 valence electrons. The Morgan fingerprint density at radius 3 is 2.75 bits per heavy atom. The Balaban J connectivity index is 2.45. The van der Waals surface area contributed by atoms with Crippen molar-refractivity contribution in [2.75, 3.05) is 14.2 Å². The number of rotatable bonds is 5. The number of carbonyl (C=O) groups is 1. The fourth-order valence-corrected chi connectivity index (χ4v) is 3.00. The quantitative estimate of drug-likeness (QED) is 0.870. The topological polar surface area (TPSA) is 88.1 Å². The number of methoxy groups -OCH3 is 1. The third-order valence-corrected chi connectivity index (χ3v) is 5.08. The first-order valence-corrected chi connectivity index (χ1v) is 8.94. The summed E-state index contributed by atoms with van der Waals surface area (Å²) >= 11 is 0. The normalized spacial score (nSPS) is 17.6. The van der Waals surface area contributed by atoms with Gasteiger partial charge >= 0.3 is 10.2 Å². The number of amides is 1. The highest BCUT2D eigenvalue weighted by Crippen LogP contribution is 2.22. The number of nitrogens with zero attached hydrogens (tertiary/aromatic N) is 2. The van der Waals surface area contributed by atoms with Crippen molar-refractivity contribution in [2.24, 2.45) is 4.40 Å². The number of carbonyl (C=O) groups excluding carboxylic acids is 1. The molecule has 0 saturated heterocycles. The Bertz CT molecular complexity index is 799. The minimum Gasteiger partial charge on any atom is -0.497 e. The maximum atomic E-state index is 12.4. The molecule has 7 nitrogen and oxygen atoms in total. The van der Waals surface area contributed by atoms with E-state index in [1.54, 1.807) is 24.3 Å². The van der Waals surface area contributed by atoms with Gasteiger partial charge < -0.3 is 10.1 Å². The Labute approximate surface area is 142 Å². The van der Waals surface area contributed by atoms with Crippen LogP contribution in [0.2, 0.25) is 0 Å². The van der Waals surface area contributed by atoms with Crippen LogP contribution in [0, 0.1) is 0 Å². The van der Waals surface area contributed by atoms with Crippen molar-refractivity contribution in [3.05, 3.63) is 41.6 Å². The van der Waals surface area contributed by atoms with Gasteiger partial charge in [-0.25, -0.2) is 4.31 Å². The van der Waals surface area contributed by atoms with E-state index in [2.05, 4.69) is 9.71 Å². The molecular formula is C16H21N3O4S. The van der Waals surface area contributed by atoms with E-state index in [0.29, 0.717) is 11.3 Å². The summed E-state index contributed by atoms with van der Waals surface area (Å²) in [4.78, 5) is 12.4. The molecule has 1 aliphatic rings. The van der Waals surface area contributed by atoms with Crippen LogP contribution in [-0.4, -0.2) is 44.5 Å². The van der Waals surface area contributed by atoms with Gasteiger partial charge in [-0.2, -0.15) is 8.42 Å². The summed E-state index contributed by atoms with van der Waals surface area (Å²) in [6, 6.07) is 6.79. The van der Waals surface area contributed by atoms with E-state index in [-0.39, 0.29) is 17.5 Å². The average Bonchev–Trinajstić information content (AvgIpc) is 2.56. The molecule has 8 heteroatoms. The van der Waals surface area contributed by atoms with Crippen molar-refractivity contribution in [3.8, 4) is 5.75 Å². The molecule has 1 aromatic rings. The van der Waals surface area contributed by atoms with Gasteiger partial charge in [-0.05, 0) is 31.6 Å². The largest absolute Gasteiger partial charge is 0.497 e. The van der Waals surface area contributed by atoms with Gasteiger partial charge in [-0.1, -0.05) is 19.1 Å². The second-order valence-corrected chi connectivity index (χ2v) is 7.09.